The van der Waals surface area contributed by atoms with Gasteiger partial charge in [-0.15, -0.1) is 27.7 Å². The zero-order valence-electron chi connectivity index (χ0n) is 15.9. The molecule has 4 heterocycles. The van der Waals surface area contributed by atoms with E-state index in [9.17, 15) is 18.0 Å². The van der Waals surface area contributed by atoms with E-state index in [1.807, 2.05) is 9.80 Å². The Kier molecular flexibility index (Phi) is 6.18. The van der Waals surface area contributed by atoms with E-state index in [-0.39, 0.29) is 29.9 Å². The van der Waals surface area contributed by atoms with Crippen LogP contribution in [0.15, 0.2) is 12.1 Å². The number of alkyl halides is 3. The highest BCUT2D eigenvalue weighted by atomic mass is 35.5. The molecule has 8 nitrogen and oxygen atoms in total. The summed E-state index contributed by atoms with van der Waals surface area (Å²) in [5.41, 5.74) is 0.0500. The summed E-state index contributed by atoms with van der Waals surface area (Å²) in [5.74, 6) is -0.581. The van der Waals surface area contributed by atoms with Gasteiger partial charge in [0.15, 0.2) is 5.65 Å². The number of rotatable bonds is 2. The van der Waals surface area contributed by atoms with Gasteiger partial charge in [0.1, 0.15) is 5.82 Å². The molecule has 0 unspecified atom stereocenters. The van der Waals surface area contributed by atoms with E-state index < -0.39 is 12.0 Å². The van der Waals surface area contributed by atoms with Gasteiger partial charge in [0.2, 0.25) is 5.91 Å². The highest BCUT2D eigenvalue weighted by molar-refractivity contribution is 5.85. The zero-order valence-corrected chi connectivity index (χ0v) is 16.7. The predicted octanol–water partition coefficient (Wildman–Crippen LogP) is 1.60. The molecule has 1 atom stereocenters. The van der Waals surface area contributed by atoms with E-state index in [1.165, 1.54) is 6.07 Å². The van der Waals surface area contributed by atoms with Crippen molar-refractivity contribution in [1.29, 1.82) is 0 Å². The molecule has 29 heavy (non-hydrogen) atoms. The number of nitrogens with zero attached hydrogens (tertiary/aromatic N) is 6. The summed E-state index contributed by atoms with van der Waals surface area (Å²) in [4.78, 5) is 16.6. The van der Waals surface area contributed by atoms with E-state index in [1.54, 1.807) is 6.07 Å². The Labute approximate surface area is 171 Å². The van der Waals surface area contributed by atoms with Gasteiger partial charge in [-0.3, -0.25) is 4.79 Å². The van der Waals surface area contributed by atoms with Crippen LogP contribution < -0.4 is 10.2 Å². The molecule has 4 rings (SSSR count). The fourth-order valence-electron chi connectivity index (χ4n) is 3.87. The average Bonchev–Trinajstić information content (AvgIpc) is 3.11. The van der Waals surface area contributed by atoms with E-state index in [2.05, 4.69) is 27.5 Å². The summed E-state index contributed by atoms with van der Waals surface area (Å²) in [7, 11) is 0. The molecular formula is C17H23ClF3N7O. The van der Waals surface area contributed by atoms with Crippen molar-refractivity contribution in [3.63, 3.8) is 0 Å². The predicted molar refractivity (Wildman–Crippen MR) is 102 cm³/mol. The monoisotopic (exact) mass is 433 g/mol. The minimum atomic E-state index is -4.62. The topological polar surface area (TPSA) is 78.7 Å². The molecule has 2 saturated heterocycles. The molecule has 12 heteroatoms. The van der Waals surface area contributed by atoms with Crippen LogP contribution in [0.2, 0.25) is 0 Å². The second-order valence-corrected chi connectivity index (χ2v) is 7.38. The Morgan fingerprint density at radius 2 is 1.90 bits per heavy atom. The van der Waals surface area contributed by atoms with Crippen molar-refractivity contribution in [2.75, 3.05) is 37.6 Å². The first-order chi connectivity index (χ1) is 13.3. The third-order valence-corrected chi connectivity index (χ3v) is 5.35. The first-order valence-electron chi connectivity index (χ1n) is 9.39. The normalized spacial score (nSPS) is 21.3. The Balaban J connectivity index is 0.00000240. The van der Waals surface area contributed by atoms with Gasteiger partial charge in [-0.2, -0.15) is 17.7 Å². The van der Waals surface area contributed by atoms with Gasteiger partial charge >= 0.3 is 6.18 Å². The summed E-state index contributed by atoms with van der Waals surface area (Å²) >= 11 is 0. The molecule has 1 N–H and O–H groups in total. The fourth-order valence-corrected chi connectivity index (χ4v) is 3.87. The molecule has 2 aromatic rings. The van der Waals surface area contributed by atoms with E-state index in [4.69, 9.17) is 0 Å². The van der Waals surface area contributed by atoms with Crippen LogP contribution in [0.4, 0.5) is 19.0 Å². The lowest BCUT2D eigenvalue weighted by Crippen LogP contribution is -2.53. The Hall–Kier alpha value is -2.14. The number of carbonyl (C=O) groups is 1. The lowest BCUT2D eigenvalue weighted by molar-refractivity contribution is -0.146. The molecule has 2 fully saturated rings. The average molecular weight is 434 g/mol. The van der Waals surface area contributed by atoms with Gasteiger partial charge in [0.05, 0.1) is 0 Å². The van der Waals surface area contributed by atoms with Gasteiger partial charge in [0, 0.05) is 44.7 Å². The lowest BCUT2D eigenvalue weighted by Gasteiger charge is -2.37. The zero-order chi connectivity index (χ0) is 19.9. The number of hydrogen-bond acceptors (Lipinski definition) is 6. The quantitative estimate of drug-likeness (QED) is 0.775. The smallest absolute Gasteiger partial charge is 0.355 e. The maximum absolute atomic E-state index is 13.0. The molecule has 2 aromatic heterocycles. The third-order valence-electron chi connectivity index (χ3n) is 5.35. The second kappa shape index (κ2) is 8.31. The number of aromatic nitrogens is 4. The van der Waals surface area contributed by atoms with Crippen LogP contribution in [0.3, 0.4) is 0 Å². The number of fused-ring (bicyclic) bond motifs is 1. The van der Waals surface area contributed by atoms with Crippen molar-refractivity contribution in [2.45, 2.75) is 32.0 Å². The highest BCUT2D eigenvalue weighted by Gasteiger charge is 2.38. The van der Waals surface area contributed by atoms with Gasteiger partial charge in [0.25, 0.3) is 5.82 Å². The van der Waals surface area contributed by atoms with Crippen molar-refractivity contribution in [1.82, 2.24) is 30.0 Å². The summed E-state index contributed by atoms with van der Waals surface area (Å²) in [5, 5.41) is 14.1. The van der Waals surface area contributed by atoms with E-state index >= 15 is 0 Å². The maximum atomic E-state index is 13.0. The van der Waals surface area contributed by atoms with Crippen LogP contribution >= 0.6 is 12.4 Å². The molecule has 0 aromatic carbocycles. The number of carbonyl (C=O) groups excluding carboxylic acids is 1. The molecule has 0 bridgehead atoms. The van der Waals surface area contributed by atoms with Crippen molar-refractivity contribution in [3.05, 3.63) is 18.0 Å². The number of piperazine rings is 1. The molecule has 0 saturated carbocycles. The molecule has 2 aliphatic heterocycles. The van der Waals surface area contributed by atoms with Crippen molar-refractivity contribution >= 4 is 29.8 Å². The van der Waals surface area contributed by atoms with E-state index in [0.717, 1.165) is 17.6 Å². The lowest BCUT2D eigenvalue weighted by atomic mass is 9.94. The van der Waals surface area contributed by atoms with Crippen LogP contribution in [-0.2, 0) is 11.0 Å². The first-order valence-corrected chi connectivity index (χ1v) is 9.39. The van der Waals surface area contributed by atoms with Crippen molar-refractivity contribution < 1.29 is 18.0 Å². The largest absolute Gasteiger partial charge is 0.453 e. The third kappa shape index (κ3) is 4.40. The molecule has 160 valence electrons. The minimum Gasteiger partial charge on any atom is -0.355 e. The minimum absolute atomic E-state index is 0. The highest BCUT2D eigenvalue weighted by Crippen LogP contribution is 2.29. The molecule has 0 aliphatic carbocycles. The summed E-state index contributed by atoms with van der Waals surface area (Å²) in [6, 6.07) is 3.41. The van der Waals surface area contributed by atoms with Crippen LogP contribution in [0.25, 0.3) is 5.65 Å². The number of nitrogens with one attached hydrogen (secondary N) is 1. The second-order valence-electron chi connectivity index (χ2n) is 7.38. The summed E-state index contributed by atoms with van der Waals surface area (Å²) in [6.45, 7) is 5.43. The summed E-state index contributed by atoms with van der Waals surface area (Å²) in [6.07, 6.45) is -3.30. The number of anilines is 1. The van der Waals surface area contributed by atoms with Gasteiger partial charge in [-0.1, -0.05) is 0 Å². The number of piperidine rings is 1. The molecular weight excluding hydrogens is 411 g/mol. The number of hydrogen-bond donors (Lipinski definition) is 1. The number of halogens is 4. The Bertz CT molecular complexity index is 866. The van der Waals surface area contributed by atoms with Crippen LogP contribution in [0.1, 0.15) is 25.6 Å². The van der Waals surface area contributed by atoms with Gasteiger partial charge < -0.3 is 15.1 Å². The van der Waals surface area contributed by atoms with E-state index in [0.29, 0.717) is 44.3 Å². The summed E-state index contributed by atoms with van der Waals surface area (Å²) < 4.78 is 39.9. The SMILES string of the molecule is C[C@@H]1CN(C(=O)C2CCN(c3ccc4nnc(C(F)(F)F)n4n3)CC2)CCN1.Cl. The van der Waals surface area contributed by atoms with Crippen molar-refractivity contribution in [2.24, 2.45) is 5.92 Å². The fraction of sp³-hybridized carbons (Fsp3) is 0.647. The standard InChI is InChI=1S/C17H22F3N7O.ClH/c1-11-10-26(9-6-21-11)15(28)12-4-7-25(8-5-12)14-3-2-13-22-23-16(17(18,19)20)27(13)24-14;/h2-3,11-12,21H,4-10H2,1H3;1H/t11-;/m1./s1. The van der Waals surface area contributed by atoms with Crippen LogP contribution in [-0.4, -0.2) is 69.4 Å². The van der Waals surface area contributed by atoms with Gasteiger partial charge in [-0.05, 0) is 31.9 Å². The van der Waals surface area contributed by atoms with Crippen LogP contribution in [0, 0.1) is 5.92 Å². The number of amides is 1. The molecule has 0 spiro atoms. The van der Waals surface area contributed by atoms with Crippen molar-refractivity contribution in [3.8, 4) is 0 Å². The Morgan fingerprint density at radius 1 is 1.17 bits per heavy atom. The first kappa shape index (κ1) is 21.6. The Morgan fingerprint density at radius 3 is 2.55 bits per heavy atom. The molecule has 1 amide bonds. The maximum Gasteiger partial charge on any atom is 0.453 e. The van der Waals surface area contributed by atoms with Crippen LogP contribution in [0.5, 0.6) is 0 Å². The molecule has 0 radical (unpaired) electrons. The van der Waals surface area contributed by atoms with Gasteiger partial charge in [-0.25, -0.2) is 0 Å². The molecule has 2 aliphatic rings.